The Kier molecular flexibility index (Phi) is 6.20. The van der Waals surface area contributed by atoms with Gasteiger partial charge in [0.15, 0.2) is 0 Å². The molecule has 3 rings (SSSR count). The first-order chi connectivity index (χ1) is 13.5. The van der Waals surface area contributed by atoms with Gasteiger partial charge in [-0.25, -0.2) is 0 Å². The van der Waals surface area contributed by atoms with E-state index >= 15 is 0 Å². The van der Waals surface area contributed by atoms with Gasteiger partial charge in [-0.1, -0.05) is 12.1 Å². The van der Waals surface area contributed by atoms with Crippen LogP contribution in [0.5, 0.6) is 5.75 Å². The normalized spacial score (nSPS) is 12.9. The number of nitrogens with zero attached hydrogens (tertiary/aromatic N) is 1. The fourth-order valence-electron chi connectivity index (χ4n) is 2.91. The summed E-state index contributed by atoms with van der Waals surface area (Å²) in [6.45, 7) is 1.70. The first kappa shape index (κ1) is 19.8. The number of carbonyl (C=O) groups is 3. The van der Waals surface area contributed by atoms with Gasteiger partial charge in [0.25, 0.3) is 0 Å². The molecule has 0 aliphatic carbocycles. The molecule has 28 heavy (non-hydrogen) atoms. The van der Waals surface area contributed by atoms with Crippen molar-refractivity contribution in [3.63, 3.8) is 0 Å². The van der Waals surface area contributed by atoms with Crippen molar-refractivity contribution in [3.05, 3.63) is 42.5 Å². The molecular weight excluding hydrogens is 378 g/mol. The summed E-state index contributed by atoms with van der Waals surface area (Å²) in [4.78, 5) is 38.7. The second-order valence-electron chi connectivity index (χ2n) is 6.20. The van der Waals surface area contributed by atoms with Crippen LogP contribution < -0.4 is 20.3 Å². The van der Waals surface area contributed by atoms with Crippen molar-refractivity contribution in [2.75, 3.05) is 34.9 Å². The van der Waals surface area contributed by atoms with E-state index in [0.29, 0.717) is 22.9 Å². The maximum absolute atomic E-state index is 12.5. The van der Waals surface area contributed by atoms with Gasteiger partial charge in [-0.3, -0.25) is 14.4 Å². The lowest BCUT2D eigenvalue weighted by Crippen LogP contribution is -2.37. The molecule has 0 unspecified atom stereocenters. The summed E-state index contributed by atoms with van der Waals surface area (Å²) in [5.41, 5.74) is 1.85. The molecular formula is C20H21N3O4S. The van der Waals surface area contributed by atoms with E-state index in [2.05, 4.69) is 10.6 Å². The number of hydrogen-bond donors (Lipinski definition) is 2. The molecule has 1 aliphatic rings. The van der Waals surface area contributed by atoms with Crippen molar-refractivity contribution in [2.45, 2.75) is 18.2 Å². The molecule has 1 heterocycles. The van der Waals surface area contributed by atoms with Gasteiger partial charge in [0, 0.05) is 30.5 Å². The quantitative estimate of drug-likeness (QED) is 0.779. The van der Waals surface area contributed by atoms with E-state index in [4.69, 9.17) is 4.74 Å². The summed E-state index contributed by atoms with van der Waals surface area (Å²) < 4.78 is 5.27. The molecule has 0 spiro atoms. The zero-order valence-electron chi connectivity index (χ0n) is 15.7. The van der Waals surface area contributed by atoms with Crippen LogP contribution in [-0.2, 0) is 14.4 Å². The number of hydrogen-bond acceptors (Lipinski definition) is 5. The Balaban J connectivity index is 1.68. The predicted molar refractivity (Wildman–Crippen MR) is 110 cm³/mol. The van der Waals surface area contributed by atoms with Gasteiger partial charge in [0.05, 0.1) is 24.2 Å². The summed E-state index contributed by atoms with van der Waals surface area (Å²) >= 11 is 1.51. The maximum atomic E-state index is 12.5. The van der Waals surface area contributed by atoms with E-state index < -0.39 is 0 Å². The molecule has 0 aromatic heterocycles. The number of rotatable bonds is 6. The Morgan fingerprint density at radius 3 is 2.71 bits per heavy atom. The van der Waals surface area contributed by atoms with Gasteiger partial charge in [-0.2, -0.15) is 0 Å². The number of ether oxygens (including phenoxy) is 1. The lowest BCUT2D eigenvalue weighted by atomic mass is 10.2. The molecule has 0 atom stereocenters. The Hall–Kier alpha value is -3.00. The van der Waals surface area contributed by atoms with Gasteiger partial charge in [-0.15, -0.1) is 11.8 Å². The molecule has 8 heteroatoms. The Morgan fingerprint density at radius 1 is 1.18 bits per heavy atom. The number of methoxy groups -OCH3 is 1. The van der Waals surface area contributed by atoms with Crippen LogP contribution in [0.25, 0.3) is 0 Å². The number of anilines is 3. The Labute approximate surface area is 167 Å². The van der Waals surface area contributed by atoms with Crippen LogP contribution in [0.2, 0.25) is 0 Å². The highest BCUT2D eigenvalue weighted by Crippen LogP contribution is 2.35. The van der Waals surface area contributed by atoms with E-state index in [1.165, 1.54) is 25.8 Å². The fourth-order valence-corrected chi connectivity index (χ4v) is 3.85. The van der Waals surface area contributed by atoms with Crippen molar-refractivity contribution in [1.29, 1.82) is 0 Å². The SMILES string of the molecule is COc1ccc(NC(C)=O)cc1NC(=O)CCN1C(=O)CSc2ccccc21. The molecule has 2 aromatic carbocycles. The first-order valence-corrected chi connectivity index (χ1v) is 9.74. The molecule has 0 bridgehead atoms. The average Bonchev–Trinajstić information content (AvgIpc) is 2.67. The number of nitrogens with one attached hydrogen (secondary N) is 2. The molecule has 2 N–H and O–H groups in total. The van der Waals surface area contributed by atoms with Crippen LogP contribution in [0.3, 0.4) is 0 Å². The second kappa shape index (κ2) is 8.79. The number of carbonyl (C=O) groups excluding carboxylic acids is 3. The third kappa shape index (κ3) is 4.64. The van der Waals surface area contributed by atoms with E-state index in [-0.39, 0.29) is 30.7 Å². The topological polar surface area (TPSA) is 87.7 Å². The minimum absolute atomic E-state index is 0.0123. The Morgan fingerprint density at radius 2 is 1.96 bits per heavy atom. The summed E-state index contributed by atoms with van der Waals surface area (Å²) in [6.07, 6.45) is 0.137. The molecule has 0 fully saturated rings. The monoisotopic (exact) mass is 399 g/mol. The summed E-state index contributed by atoms with van der Waals surface area (Å²) in [6, 6.07) is 12.7. The first-order valence-electron chi connectivity index (χ1n) is 8.75. The van der Waals surface area contributed by atoms with E-state index in [1.54, 1.807) is 23.1 Å². The predicted octanol–water partition coefficient (Wildman–Crippen LogP) is 3.12. The van der Waals surface area contributed by atoms with Crippen molar-refractivity contribution in [2.24, 2.45) is 0 Å². The standard InChI is InChI=1S/C20H21N3O4S/c1-13(24)21-14-7-8-17(27-2)15(11-14)22-19(25)9-10-23-16-5-3-4-6-18(16)28-12-20(23)26/h3-8,11H,9-10,12H2,1-2H3,(H,21,24)(H,22,25). The van der Waals surface area contributed by atoms with Gasteiger partial charge < -0.3 is 20.3 Å². The maximum Gasteiger partial charge on any atom is 0.237 e. The highest BCUT2D eigenvalue weighted by molar-refractivity contribution is 8.00. The van der Waals surface area contributed by atoms with Gasteiger partial charge in [0.1, 0.15) is 5.75 Å². The van der Waals surface area contributed by atoms with E-state index in [1.807, 2.05) is 24.3 Å². The van der Waals surface area contributed by atoms with Crippen molar-refractivity contribution in [3.8, 4) is 5.75 Å². The lowest BCUT2D eigenvalue weighted by molar-refractivity contribution is -0.117. The zero-order chi connectivity index (χ0) is 20.1. The highest BCUT2D eigenvalue weighted by atomic mass is 32.2. The summed E-state index contributed by atoms with van der Waals surface area (Å²) in [7, 11) is 1.50. The van der Waals surface area contributed by atoms with E-state index in [0.717, 1.165) is 10.6 Å². The number of fused-ring (bicyclic) bond motifs is 1. The second-order valence-corrected chi connectivity index (χ2v) is 7.21. The van der Waals surface area contributed by atoms with E-state index in [9.17, 15) is 14.4 Å². The smallest absolute Gasteiger partial charge is 0.237 e. The number of amides is 3. The molecule has 0 radical (unpaired) electrons. The van der Waals surface area contributed by atoms with Crippen LogP contribution >= 0.6 is 11.8 Å². The molecule has 0 saturated carbocycles. The molecule has 146 valence electrons. The minimum Gasteiger partial charge on any atom is -0.495 e. The largest absolute Gasteiger partial charge is 0.495 e. The van der Waals surface area contributed by atoms with Crippen LogP contribution in [0.4, 0.5) is 17.1 Å². The van der Waals surface area contributed by atoms with Crippen molar-refractivity contribution < 1.29 is 19.1 Å². The van der Waals surface area contributed by atoms with Gasteiger partial charge >= 0.3 is 0 Å². The third-order valence-electron chi connectivity index (χ3n) is 4.16. The fraction of sp³-hybridized carbons (Fsp3) is 0.250. The van der Waals surface area contributed by atoms with Crippen LogP contribution in [0, 0.1) is 0 Å². The minimum atomic E-state index is -0.248. The molecule has 3 amide bonds. The van der Waals surface area contributed by atoms with Crippen LogP contribution in [0.1, 0.15) is 13.3 Å². The van der Waals surface area contributed by atoms with Crippen LogP contribution in [0.15, 0.2) is 47.4 Å². The number of para-hydroxylation sites is 1. The lowest BCUT2D eigenvalue weighted by Gasteiger charge is -2.28. The van der Waals surface area contributed by atoms with Crippen molar-refractivity contribution >= 4 is 46.5 Å². The molecule has 2 aromatic rings. The average molecular weight is 399 g/mol. The number of thioether (sulfide) groups is 1. The number of benzene rings is 2. The van der Waals surface area contributed by atoms with Gasteiger partial charge in [-0.05, 0) is 30.3 Å². The van der Waals surface area contributed by atoms with Crippen molar-refractivity contribution in [1.82, 2.24) is 0 Å². The zero-order valence-corrected chi connectivity index (χ0v) is 16.5. The summed E-state index contributed by atoms with van der Waals surface area (Å²) in [5, 5.41) is 5.46. The van der Waals surface area contributed by atoms with Crippen LogP contribution in [-0.4, -0.2) is 37.1 Å². The Bertz CT molecular complexity index is 916. The summed E-state index contributed by atoms with van der Waals surface area (Å²) in [5.74, 6) is 0.384. The molecule has 1 aliphatic heterocycles. The molecule has 7 nitrogen and oxygen atoms in total. The van der Waals surface area contributed by atoms with Gasteiger partial charge in [0.2, 0.25) is 17.7 Å². The molecule has 0 saturated heterocycles. The highest BCUT2D eigenvalue weighted by Gasteiger charge is 2.24. The third-order valence-corrected chi connectivity index (χ3v) is 5.21.